The third-order valence-electron chi connectivity index (χ3n) is 2.69. The molecule has 2 heterocycles. The first kappa shape index (κ1) is 10.5. The quantitative estimate of drug-likeness (QED) is 0.694. The second-order valence-electron chi connectivity index (χ2n) is 3.88. The first-order valence-electron chi connectivity index (χ1n) is 5.36. The average Bonchev–Trinajstić information content (AvgIpc) is 2.80. The number of hydrogen-bond acceptors (Lipinski definition) is 4. The Morgan fingerprint density at radius 2 is 2.11 bits per heavy atom. The van der Waals surface area contributed by atoms with E-state index >= 15 is 0 Å². The van der Waals surface area contributed by atoms with Crippen LogP contribution in [0.5, 0.6) is 5.75 Å². The molecule has 3 aromatic rings. The van der Waals surface area contributed by atoms with Crippen molar-refractivity contribution in [1.29, 1.82) is 0 Å². The summed E-state index contributed by atoms with van der Waals surface area (Å²) >= 11 is 0. The van der Waals surface area contributed by atoms with E-state index in [0.29, 0.717) is 11.2 Å². The molecule has 0 amide bonds. The standard InChI is InChI=1S/C13H9N3O2/c17-8-11-6-15-16-7-10(5-14-13(11)16)9-2-1-3-12(18)4-9/h1-8,18H. The third-order valence-corrected chi connectivity index (χ3v) is 2.69. The highest BCUT2D eigenvalue weighted by Gasteiger charge is 2.06. The predicted molar refractivity (Wildman–Crippen MR) is 65.5 cm³/mol. The molecular weight excluding hydrogens is 230 g/mol. The van der Waals surface area contributed by atoms with Crippen LogP contribution in [0.25, 0.3) is 16.8 Å². The van der Waals surface area contributed by atoms with Crippen molar-refractivity contribution in [3.63, 3.8) is 0 Å². The summed E-state index contributed by atoms with van der Waals surface area (Å²) in [5.41, 5.74) is 2.64. The lowest BCUT2D eigenvalue weighted by Gasteiger charge is -2.02. The maximum Gasteiger partial charge on any atom is 0.165 e. The molecule has 0 aliphatic carbocycles. The van der Waals surface area contributed by atoms with Gasteiger partial charge in [-0.3, -0.25) is 4.79 Å². The van der Waals surface area contributed by atoms with Gasteiger partial charge in [0.2, 0.25) is 0 Å². The van der Waals surface area contributed by atoms with E-state index in [1.165, 1.54) is 6.20 Å². The van der Waals surface area contributed by atoms with E-state index in [1.54, 1.807) is 35.1 Å². The van der Waals surface area contributed by atoms with Crippen LogP contribution in [0.1, 0.15) is 10.4 Å². The number of phenols is 1. The lowest BCUT2D eigenvalue weighted by Crippen LogP contribution is -1.92. The van der Waals surface area contributed by atoms with Gasteiger partial charge in [-0.15, -0.1) is 0 Å². The fourth-order valence-electron chi connectivity index (χ4n) is 1.81. The molecule has 0 aliphatic heterocycles. The highest BCUT2D eigenvalue weighted by molar-refractivity contribution is 5.83. The molecule has 1 aromatic carbocycles. The topological polar surface area (TPSA) is 67.5 Å². The van der Waals surface area contributed by atoms with Gasteiger partial charge in [0, 0.05) is 18.0 Å². The number of carbonyl (C=O) groups is 1. The van der Waals surface area contributed by atoms with Gasteiger partial charge in [0.05, 0.1) is 11.8 Å². The van der Waals surface area contributed by atoms with Crippen molar-refractivity contribution in [2.75, 3.05) is 0 Å². The van der Waals surface area contributed by atoms with Crippen LogP contribution in [0, 0.1) is 0 Å². The van der Waals surface area contributed by atoms with Crippen LogP contribution in [0.2, 0.25) is 0 Å². The monoisotopic (exact) mass is 239 g/mol. The highest BCUT2D eigenvalue weighted by atomic mass is 16.3. The Kier molecular flexibility index (Phi) is 2.30. The van der Waals surface area contributed by atoms with Gasteiger partial charge < -0.3 is 5.11 Å². The summed E-state index contributed by atoms with van der Waals surface area (Å²) in [4.78, 5) is 15.0. The molecule has 0 aliphatic rings. The number of nitrogens with zero attached hydrogens (tertiary/aromatic N) is 3. The van der Waals surface area contributed by atoms with E-state index in [4.69, 9.17) is 0 Å². The van der Waals surface area contributed by atoms with Crippen LogP contribution in [0.3, 0.4) is 0 Å². The smallest absolute Gasteiger partial charge is 0.165 e. The summed E-state index contributed by atoms with van der Waals surface area (Å²) in [6.45, 7) is 0. The molecular formula is C13H9N3O2. The molecule has 0 spiro atoms. The molecule has 3 rings (SSSR count). The van der Waals surface area contributed by atoms with Crippen LogP contribution in [0.4, 0.5) is 0 Å². The van der Waals surface area contributed by atoms with Gasteiger partial charge in [0.15, 0.2) is 11.9 Å². The Morgan fingerprint density at radius 3 is 2.89 bits per heavy atom. The van der Waals surface area contributed by atoms with E-state index in [2.05, 4.69) is 10.1 Å². The van der Waals surface area contributed by atoms with Crippen LogP contribution in [0.15, 0.2) is 42.9 Å². The van der Waals surface area contributed by atoms with Crippen LogP contribution >= 0.6 is 0 Å². The van der Waals surface area contributed by atoms with Gasteiger partial charge in [0.25, 0.3) is 0 Å². The van der Waals surface area contributed by atoms with Gasteiger partial charge >= 0.3 is 0 Å². The molecule has 1 N–H and O–H groups in total. The molecule has 0 unspecified atom stereocenters. The lowest BCUT2D eigenvalue weighted by molar-refractivity contribution is 0.112. The molecule has 88 valence electrons. The molecule has 0 atom stereocenters. The molecule has 2 aromatic heterocycles. The maximum absolute atomic E-state index is 10.8. The van der Waals surface area contributed by atoms with Crippen molar-refractivity contribution >= 4 is 11.9 Å². The number of benzene rings is 1. The van der Waals surface area contributed by atoms with E-state index in [0.717, 1.165) is 17.4 Å². The van der Waals surface area contributed by atoms with Crippen molar-refractivity contribution in [3.05, 3.63) is 48.4 Å². The fraction of sp³-hybridized carbons (Fsp3) is 0. The summed E-state index contributed by atoms with van der Waals surface area (Å²) in [5, 5.41) is 13.5. The van der Waals surface area contributed by atoms with Crippen LogP contribution in [-0.4, -0.2) is 26.0 Å². The van der Waals surface area contributed by atoms with Gasteiger partial charge in [0.1, 0.15) is 5.75 Å². The van der Waals surface area contributed by atoms with Crippen molar-refractivity contribution < 1.29 is 9.90 Å². The number of aldehydes is 1. The average molecular weight is 239 g/mol. The van der Waals surface area contributed by atoms with Crippen LogP contribution in [-0.2, 0) is 0 Å². The van der Waals surface area contributed by atoms with Gasteiger partial charge in [-0.2, -0.15) is 5.10 Å². The minimum absolute atomic E-state index is 0.196. The van der Waals surface area contributed by atoms with Gasteiger partial charge in [-0.05, 0) is 17.7 Å². The summed E-state index contributed by atoms with van der Waals surface area (Å²) in [5.74, 6) is 0.196. The van der Waals surface area contributed by atoms with Crippen molar-refractivity contribution in [3.8, 4) is 16.9 Å². The largest absolute Gasteiger partial charge is 0.508 e. The van der Waals surface area contributed by atoms with E-state index < -0.39 is 0 Å². The first-order valence-corrected chi connectivity index (χ1v) is 5.36. The number of phenolic OH excluding ortho intramolecular Hbond substituents is 1. The fourth-order valence-corrected chi connectivity index (χ4v) is 1.81. The molecule has 5 heteroatoms. The number of hydrogen-bond donors (Lipinski definition) is 1. The highest BCUT2D eigenvalue weighted by Crippen LogP contribution is 2.22. The molecule has 0 fully saturated rings. The second kappa shape index (κ2) is 3.96. The zero-order chi connectivity index (χ0) is 12.5. The lowest BCUT2D eigenvalue weighted by atomic mass is 10.1. The number of aromatic nitrogens is 3. The third kappa shape index (κ3) is 1.62. The van der Waals surface area contributed by atoms with E-state index in [1.807, 2.05) is 6.07 Å². The van der Waals surface area contributed by atoms with Crippen molar-refractivity contribution in [2.45, 2.75) is 0 Å². The second-order valence-corrected chi connectivity index (χ2v) is 3.88. The molecule has 0 saturated carbocycles. The van der Waals surface area contributed by atoms with E-state index in [-0.39, 0.29) is 5.75 Å². The molecule has 0 bridgehead atoms. The summed E-state index contributed by atoms with van der Waals surface area (Å²) in [7, 11) is 0. The number of rotatable bonds is 2. The summed E-state index contributed by atoms with van der Waals surface area (Å²) in [6, 6.07) is 6.88. The molecule has 5 nitrogen and oxygen atoms in total. The zero-order valence-electron chi connectivity index (χ0n) is 9.32. The number of aromatic hydroxyl groups is 1. The van der Waals surface area contributed by atoms with E-state index in [9.17, 15) is 9.90 Å². The van der Waals surface area contributed by atoms with Gasteiger partial charge in [-0.1, -0.05) is 12.1 Å². The minimum atomic E-state index is 0.196. The molecule has 0 radical (unpaired) electrons. The maximum atomic E-state index is 10.8. The Hall–Kier alpha value is -2.69. The zero-order valence-corrected chi connectivity index (χ0v) is 9.32. The first-order chi connectivity index (χ1) is 8.78. The van der Waals surface area contributed by atoms with Crippen molar-refractivity contribution in [1.82, 2.24) is 14.6 Å². The number of carbonyl (C=O) groups excluding carboxylic acids is 1. The predicted octanol–water partition coefficient (Wildman–Crippen LogP) is 1.91. The minimum Gasteiger partial charge on any atom is -0.508 e. The molecule has 0 saturated heterocycles. The Balaban J connectivity index is 2.16. The van der Waals surface area contributed by atoms with Crippen LogP contribution < -0.4 is 0 Å². The Labute approximate surface area is 102 Å². The van der Waals surface area contributed by atoms with Crippen molar-refractivity contribution in [2.24, 2.45) is 0 Å². The number of fused-ring (bicyclic) bond motifs is 1. The SMILES string of the molecule is O=Cc1cnn2cc(-c3cccc(O)c3)cnc12. The Bertz CT molecular complexity index is 734. The Morgan fingerprint density at radius 1 is 1.22 bits per heavy atom. The summed E-state index contributed by atoms with van der Waals surface area (Å²) in [6.07, 6.45) is 5.62. The normalized spacial score (nSPS) is 10.7. The van der Waals surface area contributed by atoms with Gasteiger partial charge in [-0.25, -0.2) is 9.50 Å². The molecule has 18 heavy (non-hydrogen) atoms. The summed E-state index contributed by atoms with van der Waals surface area (Å²) < 4.78 is 1.54.